The van der Waals surface area contributed by atoms with Crippen molar-refractivity contribution in [3.8, 4) is 10.4 Å². The molecule has 5 aliphatic heterocycles. The molecule has 1 aromatic heterocycles. The SMILES string of the molecule is Cc1ncsc1-c1ccc(CNC(=O)[C@@H]2C[C@@H](O)CN2C(=O)[C@@H](NC(=O)CCOCCOCCNC(=O)OCC[C@H]2O[C@@H]3O[C@@]4(C)CC[C@H]5[C@H](C)CC[C@@H]([C@H]2C)[C@@]35OO4)C(C)(C)C)cc1. The van der Waals surface area contributed by atoms with Gasteiger partial charge < -0.3 is 49.6 Å². The molecule has 0 unspecified atom stereocenters. The highest BCUT2D eigenvalue weighted by atomic mass is 32.1. The van der Waals surface area contributed by atoms with Gasteiger partial charge in [0.25, 0.3) is 0 Å². The first-order chi connectivity index (χ1) is 31.0. The Morgan fingerprint density at radius 1 is 0.985 bits per heavy atom. The van der Waals surface area contributed by atoms with Gasteiger partial charge in [0, 0.05) is 51.2 Å². The molecule has 11 atom stereocenters. The van der Waals surface area contributed by atoms with Gasteiger partial charge in [-0.1, -0.05) is 58.9 Å². The van der Waals surface area contributed by atoms with Crippen molar-refractivity contribution in [3.05, 3.63) is 41.0 Å². The Hall–Kier alpha value is -3.75. The first-order valence-electron chi connectivity index (χ1n) is 23.3. The second kappa shape index (κ2) is 21.0. The molecular weight excluding hydrogens is 859 g/mol. The van der Waals surface area contributed by atoms with Gasteiger partial charge in [-0.3, -0.25) is 14.4 Å². The molecule has 18 heteroatoms. The van der Waals surface area contributed by atoms with Crippen LogP contribution in [-0.4, -0.2) is 127 Å². The summed E-state index contributed by atoms with van der Waals surface area (Å²) in [6, 6.07) is 6.04. The number of alkyl carbamates (subject to hydrolysis) is 1. The summed E-state index contributed by atoms with van der Waals surface area (Å²) in [5, 5.41) is 19.0. The molecule has 6 heterocycles. The summed E-state index contributed by atoms with van der Waals surface area (Å²) >= 11 is 1.57. The molecule has 1 aromatic carbocycles. The standard InChI is InChI=1S/C47H69N5O12S/c1-28-8-13-35-29(2)37(61-43-47(35)34(28)14-17-46(7,62-43)63-64-47)15-20-60-44(57)48-18-21-59-23-22-58-19-16-38(54)51-40(45(4,5)6)42(56)52-26-33(53)24-36(52)41(55)49-25-31-9-11-32(12-10-31)39-30(3)50-27-65-39/h9-12,27-29,33-37,40,43,53H,8,13-26H2,1-7H3,(H,48,57)(H,49,55)(H,51,54)/t28-,29-,33-,34+,35+,36+,37-,40-,43-,46-,47-/m1/s1. The molecule has 5 saturated heterocycles. The second-order valence-corrected chi connectivity index (χ2v) is 20.6. The zero-order valence-electron chi connectivity index (χ0n) is 38.9. The summed E-state index contributed by atoms with van der Waals surface area (Å²) in [5.74, 6) is -0.853. The van der Waals surface area contributed by atoms with Crippen molar-refractivity contribution in [1.82, 2.24) is 25.8 Å². The van der Waals surface area contributed by atoms with E-state index in [4.69, 9.17) is 33.5 Å². The molecule has 1 spiro atoms. The molecule has 4 amide bonds. The number of fused-ring (bicyclic) bond motifs is 2. The number of nitrogens with one attached hydrogen (secondary N) is 3. The smallest absolute Gasteiger partial charge is 0.407 e. The average molecular weight is 928 g/mol. The molecule has 65 heavy (non-hydrogen) atoms. The second-order valence-electron chi connectivity index (χ2n) is 19.7. The number of aromatic nitrogens is 1. The zero-order valence-corrected chi connectivity index (χ0v) is 39.7. The molecule has 1 aliphatic carbocycles. The number of carbonyl (C=O) groups is 4. The number of benzene rings is 1. The predicted octanol–water partition coefficient (Wildman–Crippen LogP) is 5.02. The van der Waals surface area contributed by atoms with Gasteiger partial charge in [-0.15, -0.1) is 11.3 Å². The van der Waals surface area contributed by atoms with E-state index in [0.717, 1.165) is 47.4 Å². The third kappa shape index (κ3) is 11.3. The lowest BCUT2D eigenvalue weighted by molar-refractivity contribution is -0.571. The molecule has 360 valence electrons. The molecule has 1 saturated carbocycles. The van der Waals surface area contributed by atoms with Gasteiger partial charge in [-0.25, -0.2) is 19.6 Å². The number of likely N-dealkylation sites (tertiary alicyclic amines) is 1. The van der Waals surface area contributed by atoms with E-state index in [9.17, 15) is 24.3 Å². The van der Waals surface area contributed by atoms with E-state index in [0.29, 0.717) is 18.3 Å². The van der Waals surface area contributed by atoms with E-state index in [-0.39, 0.29) is 95.3 Å². The molecule has 6 fully saturated rings. The van der Waals surface area contributed by atoms with Crippen LogP contribution in [0.5, 0.6) is 0 Å². The summed E-state index contributed by atoms with van der Waals surface area (Å²) in [7, 11) is 0. The van der Waals surface area contributed by atoms with Crippen LogP contribution in [0.2, 0.25) is 0 Å². The number of nitrogens with zero attached hydrogens (tertiary/aromatic N) is 2. The average Bonchev–Trinajstić information content (AvgIpc) is 3.81. The molecule has 4 N–H and O–H groups in total. The van der Waals surface area contributed by atoms with Crippen LogP contribution in [0.4, 0.5) is 4.79 Å². The molecule has 0 radical (unpaired) electrons. The first-order valence-corrected chi connectivity index (χ1v) is 24.2. The number of β-amino-alcohol motifs (C(OH)–C–C–N with tert-alkyl or cyclic N) is 1. The fourth-order valence-corrected chi connectivity index (χ4v) is 11.2. The lowest BCUT2D eigenvalue weighted by Gasteiger charge is -2.60. The van der Waals surface area contributed by atoms with E-state index in [1.807, 2.05) is 64.4 Å². The minimum Gasteiger partial charge on any atom is -0.449 e. The van der Waals surface area contributed by atoms with Gasteiger partial charge in [0.15, 0.2) is 11.9 Å². The Balaban J connectivity index is 0.758. The quantitative estimate of drug-likeness (QED) is 0.115. The monoisotopic (exact) mass is 927 g/mol. The first kappa shape index (κ1) is 49.2. The summed E-state index contributed by atoms with van der Waals surface area (Å²) in [5.41, 5.74) is 3.41. The molecule has 6 aliphatic rings. The van der Waals surface area contributed by atoms with Crippen molar-refractivity contribution in [3.63, 3.8) is 0 Å². The Morgan fingerprint density at radius 2 is 1.74 bits per heavy atom. The Kier molecular flexibility index (Phi) is 15.9. The Labute approximate surface area is 386 Å². The van der Waals surface area contributed by atoms with Crippen molar-refractivity contribution in [2.75, 3.05) is 46.1 Å². The van der Waals surface area contributed by atoms with Gasteiger partial charge >= 0.3 is 6.09 Å². The fraction of sp³-hybridized carbons (Fsp3) is 0.723. The Bertz CT molecular complexity index is 1960. The van der Waals surface area contributed by atoms with Gasteiger partial charge in [0.1, 0.15) is 12.1 Å². The van der Waals surface area contributed by atoms with Crippen LogP contribution in [0.1, 0.15) is 97.7 Å². The van der Waals surface area contributed by atoms with Crippen molar-refractivity contribution in [2.45, 2.75) is 142 Å². The number of rotatable bonds is 18. The normalized spacial score (nSPS) is 31.1. The van der Waals surface area contributed by atoms with Crippen molar-refractivity contribution in [1.29, 1.82) is 0 Å². The van der Waals surface area contributed by atoms with Crippen molar-refractivity contribution in [2.24, 2.45) is 29.1 Å². The predicted molar refractivity (Wildman–Crippen MR) is 239 cm³/mol. The highest BCUT2D eigenvalue weighted by Gasteiger charge is 2.69. The molecule has 17 nitrogen and oxygen atoms in total. The lowest BCUT2D eigenvalue weighted by Crippen LogP contribution is -2.70. The van der Waals surface area contributed by atoms with Gasteiger partial charge in [0.05, 0.1) is 61.3 Å². The topological polar surface area (TPSA) is 205 Å². The molecule has 2 bridgehead atoms. The highest BCUT2D eigenvalue weighted by molar-refractivity contribution is 7.13. The van der Waals surface area contributed by atoms with E-state index >= 15 is 0 Å². The number of ether oxygens (including phenoxy) is 5. The number of aliphatic hydroxyl groups is 1. The Morgan fingerprint density at radius 3 is 2.46 bits per heavy atom. The van der Waals surface area contributed by atoms with Crippen LogP contribution in [0, 0.1) is 36.0 Å². The van der Waals surface area contributed by atoms with Crippen LogP contribution in [0.25, 0.3) is 10.4 Å². The minimum atomic E-state index is -0.943. The summed E-state index contributed by atoms with van der Waals surface area (Å²) in [6.45, 7) is 15.4. The van der Waals surface area contributed by atoms with Crippen molar-refractivity contribution >= 4 is 35.2 Å². The van der Waals surface area contributed by atoms with Crippen LogP contribution >= 0.6 is 11.3 Å². The number of amides is 4. The van der Waals surface area contributed by atoms with E-state index in [1.54, 1.807) is 11.3 Å². The highest BCUT2D eigenvalue weighted by Crippen LogP contribution is 2.60. The van der Waals surface area contributed by atoms with E-state index in [2.05, 4.69) is 34.8 Å². The van der Waals surface area contributed by atoms with Crippen molar-refractivity contribution < 1.29 is 57.7 Å². The van der Waals surface area contributed by atoms with Crippen LogP contribution in [0.15, 0.2) is 29.8 Å². The number of carbonyl (C=O) groups excluding carboxylic acids is 4. The van der Waals surface area contributed by atoms with Crippen LogP contribution in [-0.2, 0) is 54.4 Å². The van der Waals surface area contributed by atoms with E-state index in [1.165, 1.54) is 4.90 Å². The van der Waals surface area contributed by atoms with Gasteiger partial charge in [0.2, 0.25) is 23.5 Å². The van der Waals surface area contributed by atoms with Gasteiger partial charge in [-0.2, -0.15) is 0 Å². The van der Waals surface area contributed by atoms with Crippen LogP contribution < -0.4 is 16.0 Å². The number of aryl methyl sites for hydroxylation is 1. The number of hydrogen-bond donors (Lipinski definition) is 4. The summed E-state index contributed by atoms with van der Waals surface area (Å²) < 4.78 is 29.7. The minimum absolute atomic E-state index is 0.00231. The largest absolute Gasteiger partial charge is 0.449 e. The zero-order chi connectivity index (χ0) is 46.5. The van der Waals surface area contributed by atoms with E-state index < -0.39 is 53.3 Å². The third-order valence-corrected chi connectivity index (χ3v) is 15.0. The lowest BCUT2D eigenvalue weighted by atomic mass is 9.57. The maximum atomic E-state index is 14.0. The molecule has 2 aromatic rings. The molecule has 8 rings (SSSR count). The summed E-state index contributed by atoms with van der Waals surface area (Å²) in [6.07, 6.45) is 2.40. The third-order valence-electron chi connectivity index (χ3n) is 14.0. The van der Waals surface area contributed by atoms with Crippen LogP contribution in [0.3, 0.4) is 0 Å². The van der Waals surface area contributed by atoms with Gasteiger partial charge in [-0.05, 0) is 67.4 Å². The maximum Gasteiger partial charge on any atom is 0.407 e. The maximum absolute atomic E-state index is 14.0. The summed E-state index contributed by atoms with van der Waals surface area (Å²) in [4.78, 5) is 71.8. The molecular formula is C47H69N5O12S. The fourth-order valence-electron chi connectivity index (χ4n) is 10.4. The number of thiazole rings is 1. The number of hydrogen-bond acceptors (Lipinski definition) is 14. The number of aliphatic hydroxyl groups excluding tert-OH is 1.